The maximum absolute atomic E-state index is 14.5. The van der Waals surface area contributed by atoms with Gasteiger partial charge in [-0.05, 0) is 42.0 Å². The van der Waals surface area contributed by atoms with Gasteiger partial charge in [0.25, 0.3) is 5.91 Å². The molecule has 5 nitrogen and oxygen atoms in total. The van der Waals surface area contributed by atoms with Crippen LogP contribution in [0, 0.1) is 17.6 Å². The van der Waals surface area contributed by atoms with Gasteiger partial charge in [-0.15, -0.1) is 23.2 Å². The summed E-state index contributed by atoms with van der Waals surface area (Å²) in [6.45, 7) is 2.86. The zero-order valence-electron chi connectivity index (χ0n) is 18.2. The van der Waals surface area contributed by atoms with Crippen LogP contribution in [0.3, 0.4) is 0 Å². The smallest absolute Gasteiger partial charge is 0.258 e. The Hall–Kier alpha value is -2.49. The minimum atomic E-state index is -1.46. The van der Waals surface area contributed by atoms with Crippen molar-refractivity contribution in [1.82, 2.24) is 4.98 Å². The number of amides is 2. The van der Waals surface area contributed by atoms with Gasteiger partial charge in [0.1, 0.15) is 10.2 Å². The van der Waals surface area contributed by atoms with E-state index in [0.717, 1.165) is 0 Å². The van der Waals surface area contributed by atoms with E-state index in [1.807, 2.05) is 0 Å². The number of hydrogen-bond donors (Lipinski definition) is 2. The first kappa shape index (κ1) is 27.5. The molecule has 1 saturated carbocycles. The first-order valence-corrected chi connectivity index (χ1v) is 12.1. The summed E-state index contributed by atoms with van der Waals surface area (Å²) in [6.07, 6.45) is 0.529. The summed E-state index contributed by atoms with van der Waals surface area (Å²) < 4.78 is 40.1. The van der Waals surface area contributed by atoms with Crippen LogP contribution >= 0.6 is 58.0 Å². The van der Waals surface area contributed by atoms with E-state index in [2.05, 4.69) is 22.2 Å². The first-order chi connectivity index (χ1) is 17.3. The van der Waals surface area contributed by atoms with Crippen molar-refractivity contribution in [3.05, 3.63) is 92.6 Å². The van der Waals surface area contributed by atoms with Crippen LogP contribution in [0.2, 0.25) is 15.1 Å². The van der Waals surface area contributed by atoms with E-state index in [0.29, 0.717) is 21.8 Å². The average Bonchev–Trinajstić information content (AvgIpc) is 3.38. The molecule has 0 radical (unpaired) electrons. The Kier molecular flexibility index (Phi) is 7.70. The van der Waals surface area contributed by atoms with Crippen LogP contribution in [0.5, 0.6) is 0 Å². The van der Waals surface area contributed by atoms with Crippen molar-refractivity contribution >= 4 is 87.2 Å². The second kappa shape index (κ2) is 10.3. The minimum absolute atomic E-state index is 0.0601. The minimum Gasteiger partial charge on any atom is -0.326 e. The van der Waals surface area contributed by atoms with Gasteiger partial charge in [-0.3, -0.25) is 9.59 Å². The molecule has 2 atom stereocenters. The lowest BCUT2D eigenvalue weighted by Crippen LogP contribution is -2.19. The summed E-state index contributed by atoms with van der Waals surface area (Å²) in [5.74, 6) is -7.88. The molecule has 4 rings (SSSR count). The molecule has 0 aliphatic heterocycles. The summed E-state index contributed by atoms with van der Waals surface area (Å²) in [7, 11) is 0. The lowest BCUT2D eigenvalue weighted by Gasteiger charge is -2.11. The molecule has 0 bridgehead atoms. The molecule has 2 amide bonds. The number of anilines is 2. The van der Waals surface area contributed by atoms with Crippen LogP contribution in [-0.2, 0) is 4.79 Å². The molecule has 1 aromatic heterocycles. The Balaban J connectivity index is 1.54. The molecule has 2 aromatic carbocycles. The molecular formula is C24H13Cl5F3N3O2. The van der Waals surface area contributed by atoms with Crippen LogP contribution in [-0.4, -0.2) is 21.1 Å². The Labute approximate surface area is 233 Å². The normalized spacial score (nSPS) is 17.7. The third kappa shape index (κ3) is 5.54. The lowest BCUT2D eigenvalue weighted by molar-refractivity contribution is -0.117. The second-order valence-corrected chi connectivity index (χ2v) is 10.7. The Bertz CT molecular complexity index is 1450. The highest BCUT2D eigenvalue weighted by Crippen LogP contribution is 2.65. The van der Waals surface area contributed by atoms with E-state index in [-0.39, 0.29) is 16.3 Å². The fourth-order valence-corrected chi connectivity index (χ4v) is 5.37. The van der Waals surface area contributed by atoms with Crippen molar-refractivity contribution in [2.24, 2.45) is 5.92 Å². The SMILES string of the molecule is C=C(F)c1c(F)cnc(NC(=O)c2cc(NC(=O)C3C(c4cc(Cl)cc(Cl)c4)C3(Cl)Cl)ccc2Cl)c1F. The van der Waals surface area contributed by atoms with E-state index in [9.17, 15) is 22.8 Å². The maximum Gasteiger partial charge on any atom is 0.258 e. The van der Waals surface area contributed by atoms with Crippen LogP contribution in [0.15, 0.2) is 49.2 Å². The predicted octanol–water partition coefficient (Wildman–Crippen LogP) is 8.04. The highest BCUT2D eigenvalue weighted by Gasteiger charge is 2.67. The maximum atomic E-state index is 14.5. The number of pyridine rings is 1. The summed E-state index contributed by atoms with van der Waals surface area (Å²) >= 11 is 30.9. The van der Waals surface area contributed by atoms with Gasteiger partial charge in [-0.25, -0.2) is 18.2 Å². The van der Waals surface area contributed by atoms with E-state index in [1.54, 1.807) is 12.1 Å². The number of carbonyl (C=O) groups is 2. The Morgan fingerprint density at radius 3 is 2.27 bits per heavy atom. The molecule has 1 aliphatic rings. The van der Waals surface area contributed by atoms with E-state index < -0.39 is 56.8 Å². The van der Waals surface area contributed by atoms with Gasteiger partial charge < -0.3 is 10.6 Å². The summed E-state index contributed by atoms with van der Waals surface area (Å²) in [5.41, 5.74) is -0.544. The van der Waals surface area contributed by atoms with Crippen LogP contribution in [0.4, 0.5) is 24.7 Å². The number of rotatable bonds is 6. The van der Waals surface area contributed by atoms with Crippen molar-refractivity contribution in [2.75, 3.05) is 10.6 Å². The van der Waals surface area contributed by atoms with Crippen LogP contribution in [0.1, 0.15) is 27.4 Å². The average molecular weight is 610 g/mol. The van der Waals surface area contributed by atoms with Gasteiger partial charge in [0.2, 0.25) is 5.91 Å². The fraction of sp³-hybridized carbons (Fsp3) is 0.125. The molecule has 1 heterocycles. The zero-order chi connectivity index (χ0) is 27.2. The molecule has 13 heteroatoms. The number of alkyl halides is 2. The Morgan fingerprint density at radius 1 is 1.00 bits per heavy atom. The number of nitrogens with zero attached hydrogens (tertiary/aromatic N) is 1. The third-order valence-electron chi connectivity index (χ3n) is 5.53. The van der Waals surface area contributed by atoms with Crippen molar-refractivity contribution in [2.45, 2.75) is 10.3 Å². The van der Waals surface area contributed by atoms with Crippen LogP contribution in [0.25, 0.3) is 5.83 Å². The van der Waals surface area contributed by atoms with Crippen LogP contribution < -0.4 is 10.6 Å². The van der Waals surface area contributed by atoms with Crippen molar-refractivity contribution < 1.29 is 22.8 Å². The molecule has 3 aromatic rings. The number of nitrogens with one attached hydrogen (secondary N) is 2. The van der Waals surface area contributed by atoms with E-state index in [1.165, 1.54) is 24.3 Å². The predicted molar refractivity (Wildman–Crippen MR) is 139 cm³/mol. The number of halogens is 8. The molecule has 37 heavy (non-hydrogen) atoms. The molecule has 0 spiro atoms. The summed E-state index contributed by atoms with van der Waals surface area (Å²) in [5, 5.41) is 5.33. The monoisotopic (exact) mass is 607 g/mol. The first-order valence-electron chi connectivity index (χ1n) is 10.3. The van der Waals surface area contributed by atoms with Crippen molar-refractivity contribution in [3.8, 4) is 0 Å². The van der Waals surface area contributed by atoms with Crippen molar-refractivity contribution in [1.29, 1.82) is 0 Å². The molecule has 1 fully saturated rings. The van der Waals surface area contributed by atoms with Gasteiger partial charge in [-0.1, -0.05) is 41.4 Å². The Morgan fingerprint density at radius 2 is 1.65 bits per heavy atom. The lowest BCUT2D eigenvalue weighted by atomic mass is 10.1. The topological polar surface area (TPSA) is 71.1 Å². The van der Waals surface area contributed by atoms with Gasteiger partial charge in [0.05, 0.1) is 28.3 Å². The molecule has 0 saturated heterocycles. The third-order valence-corrected chi connectivity index (χ3v) is 7.24. The van der Waals surface area contributed by atoms with Gasteiger partial charge in [0.15, 0.2) is 17.5 Å². The van der Waals surface area contributed by atoms with Crippen molar-refractivity contribution in [3.63, 3.8) is 0 Å². The molecular weight excluding hydrogens is 597 g/mol. The number of hydrogen-bond acceptors (Lipinski definition) is 3. The van der Waals surface area contributed by atoms with E-state index in [4.69, 9.17) is 58.0 Å². The van der Waals surface area contributed by atoms with Gasteiger partial charge in [0, 0.05) is 21.7 Å². The van der Waals surface area contributed by atoms with Gasteiger partial charge in [-0.2, -0.15) is 0 Å². The summed E-state index contributed by atoms with van der Waals surface area (Å²) in [6, 6.07) is 8.66. The van der Waals surface area contributed by atoms with E-state index >= 15 is 0 Å². The quantitative estimate of drug-likeness (QED) is 0.278. The molecule has 2 unspecified atom stereocenters. The summed E-state index contributed by atoms with van der Waals surface area (Å²) in [4.78, 5) is 29.1. The number of carbonyl (C=O) groups excluding carboxylic acids is 2. The number of aromatic nitrogens is 1. The highest BCUT2D eigenvalue weighted by atomic mass is 35.5. The second-order valence-electron chi connectivity index (χ2n) is 8.02. The highest BCUT2D eigenvalue weighted by molar-refractivity contribution is 6.53. The standard InChI is InChI=1S/C24H13Cl5F3N3O2/c1-9(30)17-16(31)8-33-21(20(17)32)35-22(36)14-7-13(2-3-15(14)27)34-23(37)19-18(24(19,28)29)10-4-11(25)6-12(26)5-10/h2-8,18-19H,1H2,(H,34,37)(H,33,35,36). The number of benzene rings is 2. The molecule has 2 N–H and O–H groups in total. The molecule has 192 valence electrons. The largest absolute Gasteiger partial charge is 0.326 e. The molecule has 1 aliphatic carbocycles. The van der Waals surface area contributed by atoms with Gasteiger partial charge >= 0.3 is 0 Å². The zero-order valence-corrected chi connectivity index (χ0v) is 22.0. The fourth-order valence-electron chi connectivity index (χ4n) is 3.80.